The lowest BCUT2D eigenvalue weighted by atomic mass is 9.95. The molecule has 2 heterocycles. The maximum atomic E-state index is 4.61. The average molecular weight is 298 g/mol. The van der Waals surface area contributed by atoms with E-state index in [9.17, 15) is 0 Å². The molecule has 17 heavy (non-hydrogen) atoms. The Labute approximate surface area is 112 Å². The summed E-state index contributed by atoms with van der Waals surface area (Å²) >= 11 is 3.47. The van der Waals surface area contributed by atoms with Crippen LogP contribution in [-0.2, 0) is 6.42 Å². The van der Waals surface area contributed by atoms with E-state index >= 15 is 0 Å². The summed E-state index contributed by atoms with van der Waals surface area (Å²) in [6.07, 6.45) is 2.16. The highest BCUT2D eigenvalue weighted by molar-refractivity contribution is 9.10. The van der Waals surface area contributed by atoms with E-state index in [1.165, 1.54) is 6.42 Å². The number of rotatable bonds is 3. The molecular weight excluding hydrogens is 278 g/mol. The largest absolute Gasteiger partial charge is 0.356 e. The minimum atomic E-state index is 0.760. The molecule has 1 saturated heterocycles. The van der Waals surface area contributed by atoms with Gasteiger partial charge in [0.2, 0.25) is 0 Å². The van der Waals surface area contributed by atoms with Gasteiger partial charge in [0.25, 0.3) is 0 Å². The third-order valence-electron chi connectivity index (χ3n) is 3.54. The predicted molar refractivity (Wildman–Crippen MR) is 74.3 cm³/mol. The molecule has 1 atom stereocenters. The highest BCUT2D eigenvalue weighted by atomic mass is 79.9. The maximum absolute atomic E-state index is 4.61. The van der Waals surface area contributed by atoms with Crippen molar-refractivity contribution in [3.05, 3.63) is 16.5 Å². The van der Waals surface area contributed by atoms with Crippen LogP contribution in [-0.4, -0.2) is 23.1 Å². The zero-order valence-corrected chi connectivity index (χ0v) is 12.4. The SMILES string of the molecule is CCc1nc(Br)cc(N2CCC(C(C)C)C2)n1. The highest BCUT2D eigenvalue weighted by Gasteiger charge is 2.26. The molecule has 0 N–H and O–H groups in total. The lowest BCUT2D eigenvalue weighted by Gasteiger charge is -2.19. The molecule has 94 valence electrons. The lowest BCUT2D eigenvalue weighted by Crippen LogP contribution is -2.22. The Morgan fingerprint density at radius 1 is 1.47 bits per heavy atom. The molecule has 0 radical (unpaired) electrons. The summed E-state index contributed by atoms with van der Waals surface area (Å²) in [5, 5.41) is 0. The van der Waals surface area contributed by atoms with Crippen LogP contribution >= 0.6 is 15.9 Å². The van der Waals surface area contributed by atoms with Gasteiger partial charge in [-0.3, -0.25) is 0 Å². The van der Waals surface area contributed by atoms with Gasteiger partial charge >= 0.3 is 0 Å². The highest BCUT2D eigenvalue weighted by Crippen LogP contribution is 2.28. The van der Waals surface area contributed by atoms with Crippen molar-refractivity contribution in [2.75, 3.05) is 18.0 Å². The smallest absolute Gasteiger partial charge is 0.133 e. The van der Waals surface area contributed by atoms with E-state index in [0.717, 1.165) is 47.6 Å². The monoisotopic (exact) mass is 297 g/mol. The van der Waals surface area contributed by atoms with Gasteiger partial charge in [0.15, 0.2) is 0 Å². The van der Waals surface area contributed by atoms with Gasteiger partial charge in [-0.2, -0.15) is 0 Å². The average Bonchev–Trinajstić information content (AvgIpc) is 2.77. The number of nitrogens with zero attached hydrogens (tertiary/aromatic N) is 3. The molecule has 1 aromatic heterocycles. The zero-order chi connectivity index (χ0) is 12.4. The molecule has 1 aliphatic rings. The van der Waals surface area contributed by atoms with Crippen LogP contribution < -0.4 is 4.90 Å². The summed E-state index contributed by atoms with van der Waals surface area (Å²) in [6.45, 7) is 8.95. The van der Waals surface area contributed by atoms with Crippen LogP contribution in [0.15, 0.2) is 10.7 Å². The van der Waals surface area contributed by atoms with Crippen molar-refractivity contribution in [3.63, 3.8) is 0 Å². The molecule has 0 aliphatic carbocycles. The summed E-state index contributed by atoms with van der Waals surface area (Å²) in [4.78, 5) is 11.4. The number of hydrogen-bond acceptors (Lipinski definition) is 3. The molecule has 1 unspecified atom stereocenters. The van der Waals surface area contributed by atoms with Crippen LogP contribution in [0.25, 0.3) is 0 Å². The number of hydrogen-bond donors (Lipinski definition) is 0. The Balaban J connectivity index is 2.15. The second-order valence-electron chi connectivity index (χ2n) is 5.06. The van der Waals surface area contributed by atoms with Crippen LogP contribution in [0.1, 0.15) is 33.0 Å². The van der Waals surface area contributed by atoms with Crippen LogP contribution in [0.3, 0.4) is 0 Å². The fourth-order valence-corrected chi connectivity index (χ4v) is 2.72. The molecule has 0 bridgehead atoms. The van der Waals surface area contributed by atoms with E-state index in [2.05, 4.69) is 51.6 Å². The van der Waals surface area contributed by atoms with Crippen molar-refractivity contribution >= 4 is 21.7 Å². The fourth-order valence-electron chi connectivity index (χ4n) is 2.31. The van der Waals surface area contributed by atoms with Gasteiger partial charge in [-0.25, -0.2) is 9.97 Å². The Morgan fingerprint density at radius 3 is 2.82 bits per heavy atom. The molecule has 0 amide bonds. The van der Waals surface area contributed by atoms with Crippen molar-refractivity contribution in [2.45, 2.75) is 33.6 Å². The molecule has 1 aliphatic heterocycles. The summed E-state index contributed by atoms with van der Waals surface area (Å²) in [5.74, 6) is 3.55. The van der Waals surface area contributed by atoms with Crippen molar-refractivity contribution in [1.82, 2.24) is 9.97 Å². The number of aryl methyl sites for hydroxylation is 1. The first-order valence-electron chi connectivity index (χ1n) is 6.38. The topological polar surface area (TPSA) is 29.0 Å². The third kappa shape index (κ3) is 2.97. The van der Waals surface area contributed by atoms with Gasteiger partial charge in [-0.1, -0.05) is 20.8 Å². The van der Waals surface area contributed by atoms with E-state index in [1.807, 2.05) is 6.07 Å². The second kappa shape index (κ2) is 5.34. The van der Waals surface area contributed by atoms with E-state index in [4.69, 9.17) is 0 Å². The Kier molecular flexibility index (Phi) is 4.02. The molecule has 1 aromatic rings. The maximum Gasteiger partial charge on any atom is 0.133 e. The molecular formula is C13H20BrN3. The van der Waals surface area contributed by atoms with Crippen molar-refractivity contribution in [1.29, 1.82) is 0 Å². The van der Waals surface area contributed by atoms with Gasteiger partial charge in [0, 0.05) is 25.6 Å². The van der Waals surface area contributed by atoms with Gasteiger partial charge in [-0.15, -0.1) is 0 Å². The molecule has 1 fully saturated rings. The predicted octanol–water partition coefficient (Wildman–Crippen LogP) is 3.28. The van der Waals surface area contributed by atoms with Crippen molar-refractivity contribution < 1.29 is 0 Å². The minimum Gasteiger partial charge on any atom is -0.356 e. The fraction of sp³-hybridized carbons (Fsp3) is 0.692. The summed E-state index contributed by atoms with van der Waals surface area (Å²) in [6, 6.07) is 2.03. The van der Waals surface area contributed by atoms with E-state index in [-0.39, 0.29) is 0 Å². The number of aromatic nitrogens is 2. The number of anilines is 1. The molecule has 0 aromatic carbocycles. The van der Waals surface area contributed by atoms with Crippen molar-refractivity contribution in [2.24, 2.45) is 11.8 Å². The zero-order valence-electron chi connectivity index (χ0n) is 10.8. The summed E-state index contributed by atoms with van der Waals surface area (Å²) in [5.41, 5.74) is 0. The second-order valence-corrected chi connectivity index (χ2v) is 5.87. The first-order chi connectivity index (χ1) is 8.10. The number of halogens is 1. The summed E-state index contributed by atoms with van der Waals surface area (Å²) in [7, 11) is 0. The van der Waals surface area contributed by atoms with Crippen LogP contribution in [0, 0.1) is 11.8 Å². The van der Waals surface area contributed by atoms with Gasteiger partial charge in [0.1, 0.15) is 16.2 Å². The minimum absolute atomic E-state index is 0.760. The standard InChI is InChI=1S/C13H20BrN3/c1-4-12-15-11(14)7-13(16-12)17-6-5-10(8-17)9(2)3/h7,9-10H,4-6,8H2,1-3H3. The van der Waals surface area contributed by atoms with Crippen LogP contribution in [0.2, 0.25) is 0 Å². The third-order valence-corrected chi connectivity index (χ3v) is 3.94. The van der Waals surface area contributed by atoms with Gasteiger partial charge < -0.3 is 4.90 Å². The van der Waals surface area contributed by atoms with E-state index in [0.29, 0.717) is 0 Å². The Hall–Kier alpha value is -0.640. The molecule has 3 nitrogen and oxygen atoms in total. The summed E-state index contributed by atoms with van der Waals surface area (Å²) < 4.78 is 0.896. The molecule has 0 spiro atoms. The quantitative estimate of drug-likeness (QED) is 0.802. The van der Waals surface area contributed by atoms with Crippen LogP contribution in [0.5, 0.6) is 0 Å². The molecule has 0 saturated carbocycles. The van der Waals surface area contributed by atoms with E-state index in [1.54, 1.807) is 0 Å². The van der Waals surface area contributed by atoms with Gasteiger partial charge in [0.05, 0.1) is 0 Å². The first-order valence-corrected chi connectivity index (χ1v) is 7.18. The van der Waals surface area contributed by atoms with E-state index < -0.39 is 0 Å². The Bertz CT molecular complexity index is 392. The van der Waals surface area contributed by atoms with Crippen LogP contribution in [0.4, 0.5) is 5.82 Å². The molecule has 4 heteroatoms. The van der Waals surface area contributed by atoms with Crippen molar-refractivity contribution in [3.8, 4) is 0 Å². The lowest BCUT2D eigenvalue weighted by molar-refractivity contribution is 0.422. The Morgan fingerprint density at radius 2 is 2.24 bits per heavy atom. The first kappa shape index (κ1) is 12.8. The normalized spacial score (nSPS) is 20.3. The van der Waals surface area contributed by atoms with Gasteiger partial charge in [-0.05, 0) is 34.2 Å². The molecule has 2 rings (SSSR count).